The molecule has 0 spiro atoms. The second-order valence-electron chi connectivity index (χ2n) is 4.89. The molecule has 1 aromatic carbocycles. The maximum absolute atomic E-state index is 5.87. The minimum Gasteiger partial charge on any atom is -0.493 e. The topological polar surface area (TPSA) is 21.3 Å². The molecule has 0 amide bonds. The zero-order valence-electron chi connectivity index (χ0n) is 11.8. The number of ether oxygens (including phenoxy) is 1. The Hall–Kier alpha value is -1.02. The smallest absolute Gasteiger partial charge is 0.122 e. The molecule has 1 rings (SSSR count). The molecule has 0 saturated carbocycles. The molecule has 0 heterocycles. The van der Waals surface area contributed by atoms with Crippen LogP contribution in [0, 0.1) is 20.8 Å². The third-order valence-electron chi connectivity index (χ3n) is 3.30. The molecule has 1 N–H and O–H groups in total. The molecule has 1 unspecified atom stereocenters. The van der Waals surface area contributed by atoms with Crippen molar-refractivity contribution in [3.63, 3.8) is 0 Å². The third kappa shape index (κ3) is 4.39. The highest BCUT2D eigenvalue weighted by Crippen LogP contribution is 2.23. The molecule has 0 aliphatic heterocycles. The van der Waals surface area contributed by atoms with Gasteiger partial charge in [-0.1, -0.05) is 6.07 Å². The summed E-state index contributed by atoms with van der Waals surface area (Å²) in [5, 5.41) is 3.24. The fourth-order valence-electron chi connectivity index (χ4n) is 1.87. The predicted molar refractivity (Wildman–Crippen MR) is 73.9 cm³/mol. The molecule has 0 radical (unpaired) electrons. The third-order valence-corrected chi connectivity index (χ3v) is 3.30. The molecule has 1 atom stereocenters. The summed E-state index contributed by atoms with van der Waals surface area (Å²) in [6, 6.07) is 4.90. The van der Waals surface area contributed by atoms with Gasteiger partial charge in [0.05, 0.1) is 6.61 Å². The van der Waals surface area contributed by atoms with E-state index in [9.17, 15) is 0 Å². The first kappa shape index (κ1) is 14.0. The fourth-order valence-corrected chi connectivity index (χ4v) is 1.87. The van der Waals surface area contributed by atoms with E-state index in [1.54, 1.807) is 0 Å². The van der Waals surface area contributed by atoms with Crippen molar-refractivity contribution in [2.45, 2.75) is 46.6 Å². The predicted octanol–water partition coefficient (Wildman–Crippen LogP) is 3.38. The van der Waals surface area contributed by atoms with Crippen molar-refractivity contribution in [2.75, 3.05) is 13.7 Å². The standard InChI is InChI=1S/C15H25NO/c1-11-9-12(2)14(4)15(10-11)17-8-6-7-13(3)16-5/h9-10,13,16H,6-8H2,1-5H3. The van der Waals surface area contributed by atoms with E-state index in [0.717, 1.165) is 25.2 Å². The summed E-state index contributed by atoms with van der Waals surface area (Å²) in [4.78, 5) is 0. The van der Waals surface area contributed by atoms with Crippen molar-refractivity contribution in [1.29, 1.82) is 0 Å². The van der Waals surface area contributed by atoms with Crippen LogP contribution in [0.4, 0.5) is 0 Å². The maximum atomic E-state index is 5.87. The number of nitrogens with one attached hydrogen (secondary N) is 1. The Kier molecular flexibility index (Phi) is 5.49. The highest BCUT2D eigenvalue weighted by atomic mass is 16.5. The Balaban J connectivity index is 2.47. The maximum Gasteiger partial charge on any atom is 0.122 e. The summed E-state index contributed by atoms with van der Waals surface area (Å²) >= 11 is 0. The molecular formula is C15H25NO. The van der Waals surface area contributed by atoms with Gasteiger partial charge in [0.2, 0.25) is 0 Å². The lowest BCUT2D eigenvalue weighted by Gasteiger charge is -2.14. The van der Waals surface area contributed by atoms with Crippen molar-refractivity contribution >= 4 is 0 Å². The average Bonchev–Trinajstić information content (AvgIpc) is 2.30. The van der Waals surface area contributed by atoms with Gasteiger partial charge in [0.25, 0.3) is 0 Å². The van der Waals surface area contributed by atoms with Crippen LogP contribution >= 0.6 is 0 Å². The van der Waals surface area contributed by atoms with E-state index in [1.807, 2.05) is 7.05 Å². The van der Waals surface area contributed by atoms with Gasteiger partial charge >= 0.3 is 0 Å². The first-order valence-corrected chi connectivity index (χ1v) is 6.42. The lowest BCUT2D eigenvalue weighted by atomic mass is 10.1. The first-order chi connectivity index (χ1) is 8.04. The summed E-state index contributed by atoms with van der Waals surface area (Å²) in [6.45, 7) is 9.37. The molecule has 2 heteroatoms. The van der Waals surface area contributed by atoms with E-state index in [-0.39, 0.29) is 0 Å². The zero-order valence-corrected chi connectivity index (χ0v) is 11.8. The largest absolute Gasteiger partial charge is 0.493 e. The highest BCUT2D eigenvalue weighted by Gasteiger charge is 2.04. The molecule has 17 heavy (non-hydrogen) atoms. The molecule has 0 aliphatic rings. The lowest BCUT2D eigenvalue weighted by molar-refractivity contribution is 0.297. The number of rotatable bonds is 6. The molecule has 0 aromatic heterocycles. The molecule has 0 fully saturated rings. The number of hydrogen-bond acceptors (Lipinski definition) is 2. The van der Waals surface area contributed by atoms with E-state index >= 15 is 0 Å². The van der Waals surface area contributed by atoms with E-state index in [2.05, 4.69) is 45.1 Å². The molecule has 0 saturated heterocycles. The fraction of sp³-hybridized carbons (Fsp3) is 0.600. The zero-order chi connectivity index (χ0) is 12.8. The summed E-state index contributed by atoms with van der Waals surface area (Å²) in [7, 11) is 2.00. The molecule has 0 aliphatic carbocycles. The van der Waals surface area contributed by atoms with Crippen LogP contribution in [0.15, 0.2) is 12.1 Å². The van der Waals surface area contributed by atoms with Crippen LogP contribution in [0.3, 0.4) is 0 Å². The Morgan fingerprint density at radius 2 is 1.94 bits per heavy atom. The van der Waals surface area contributed by atoms with Crippen LogP contribution in [0.25, 0.3) is 0 Å². The highest BCUT2D eigenvalue weighted by molar-refractivity contribution is 5.41. The minimum atomic E-state index is 0.568. The monoisotopic (exact) mass is 235 g/mol. The van der Waals surface area contributed by atoms with Gasteiger partial charge in [-0.2, -0.15) is 0 Å². The van der Waals surface area contributed by atoms with Crippen LogP contribution < -0.4 is 10.1 Å². The number of aryl methyl sites for hydroxylation is 2. The second-order valence-corrected chi connectivity index (χ2v) is 4.89. The van der Waals surface area contributed by atoms with Crippen LogP contribution in [-0.2, 0) is 0 Å². The first-order valence-electron chi connectivity index (χ1n) is 6.42. The van der Waals surface area contributed by atoms with Crippen LogP contribution in [0.2, 0.25) is 0 Å². The van der Waals surface area contributed by atoms with Crippen molar-refractivity contribution < 1.29 is 4.74 Å². The van der Waals surface area contributed by atoms with Gasteiger partial charge in [0.15, 0.2) is 0 Å². The van der Waals surface area contributed by atoms with Crippen molar-refractivity contribution in [1.82, 2.24) is 5.32 Å². The number of benzene rings is 1. The van der Waals surface area contributed by atoms with Crippen molar-refractivity contribution in [3.8, 4) is 5.75 Å². The quantitative estimate of drug-likeness (QED) is 0.763. The molecule has 2 nitrogen and oxygen atoms in total. The van der Waals surface area contributed by atoms with Crippen LogP contribution in [0.1, 0.15) is 36.5 Å². The van der Waals surface area contributed by atoms with E-state index < -0.39 is 0 Å². The molecule has 96 valence electrons. The van der Waals surface area contributed by atoms with Gasteiger partial charge in [0.1, 0.15) is 5.75 Å². The number of hydrogen-bond donors (Lipinski definition) is 1. The van der Waals surface area contributed by atoms with Gasteiger partial charge in [0, 0.05) is 6.04 Å². The van der Waals surface area contributed by atoms with Crippen molar-refractivity contribution in [2.24, 2.45) is 0 Å². The second kappa shape index (κ2) is 6.65. The molecule has 0 bridgehead atoms. The minimum absolute atomic E-state index is 0.568. The average molecular weight is 235 g/mol. The normalized spacial score (nSPS) is 12.5. The van der Waals surface area contributed by atoms with Crippen LogP contribution in [0.5, 0.6) is 5.75 Å². The van der Waals surface area contributed by atoms with Gasteiger partial charge in [-0.25, -0.2) is 0 Å². The van der Waals surface area contributed by atoms with Gasteiger partial charge in [-0.3, -0.25) is 0 Å². The van der Waals surface area contributed by atoms with Crippen molar-refractivity contribution in [3.05, 3.63) is 28.8 Å². The Morgan fingerprint density at radius 3 is 2.59 bits per heavy atom. The summed E-state index contributed by atoms with van der Waals surface area (Å²) < 4.78 is 5.87. The molecule has 1 aromatic rings. The Bertz CT molecular complexity index is 360. The summed E-state index contributed by atoms with van der Waals surface area (Å²) in [6.07, 6.45) is 2.24. The summed E-state index contributed by atoms with van der Waals surface area (Å²) in [5.74, 6) is 1.04. The van der Waals surface area contributed by atoms with Crippen LogP contribution in [-0.4, -0.2) is 19.7 Å². The Morgan fingerprint density at radius 1 is 1.24 bits per heavy atom. The van der Waals surface area contributed by atoms with E-state index in [1.165, 1.54) is 16.7 Å². The van der Waals surface area contributed by atoms with E-state index in [0.29, 0.717) is 6.04 Å². The summed E-state index contributed by atoms with van der Waals surface area (Å²) in [5.41, 5.74) is 3.84. The van der Waals surface area contributed by atoms with Gasteiger partial charge < -0.3 is 10.1 Å². The SMILES string of the molecule is CNC(C)CCCOc1cc(C)cc(C)c1C. The Labute approximate surface area is 105 Å². The van der Waals surface area contributed by atoms with E-state index in [4.69, 9.17) is 4.74 Å². The van der Waals surface area contributed by atoms with Gasteiger partial charge in [-0.15, -0.1) is 0 Å². The molecular weight excluding hydrogens is 210 g/mol. The van der Waals surface area contributed by atoms with Gasteiger partial charge in [-0.05, 0) is 70.3 Å². The lowest BCUT2D eigenvalue weighted by Crippen LogP contribution is -2.21.